The van der Waals surface area contributed by atoms with E-state index < -0.39 is 6.09 Å². The van der Waals surface area contributed by atoms with Gasteiger partial charge in [-0.2, -0.15) is 0 Å². The average Bonchev–Trinajstić information content (AvgIpc) is 2.57. The predicted octanol–water partition coefficient (Wildman–Crippen LogP) is 3.70. The molecule has 126 valence electrons. The first kappa shape index (κ1) is 17.9. The molecule has 0 bridgehead atoms. The fraction of sp³-hybridized carbons (Fsp3) is 0.235. The highest BCUT2D eigenvalue weighted by atomic mass is 79.9. The molecule has 0 aliphatic heterocycles. The van der Waals surface area contributed by atoms with Gasteiger partial charge in [-0.3, -0.25) is 15.1 Å². The van der Waals surface area contributed by atoms with Crippen molar-refractivity contribution in [2.45, 2.75) is 20.0 Å². The molecule has 1 aromatic carbocycles. The maximum Gasteiger partial charge on any atom is 0.412 e. The second-order valence-corrected chi connectivity index (χ2v) is 5.67. The number of halogens is 1. The van der Waals surface area contributed by atoms with Crippen molar-refractivity contribution in [3.63, 3.8) is 0 Å². The summed E-state index contributed by atoms with van der Waals surface area (Å²) in [5.41, 5.74) is 1.86. The molecule has 1 N–H and O–H groups in total. The van der Waals surface area contributed by atoms with E-state index in [0.29, 0.717) is 22.3 Å². The molecule has 0 saturated carbocycles. The number of amides is 1. The lowest BCUT2D eigenvalue weighted by Crippen LogP contribution is -2.17. The van der Waals surface area contributed by atoms with Crippen molar-refractivity contribution in [1.29, 1.82) is 0 Å². The summed E-state index contributed by atoms with van der Waals surface area (Å²) in [7, 11) is 0. The molecule has 0 aliphatic carbocycles. The molecule has 0 fully saturated rings. The highest BCUT2D eigenvalue weighted by Crippen LogP contribution is 2.24. The minimum absolute atomic E-state index is 0.0191. The number of nitrogens with zero attached hydrogens (tertiary/aromatic N) is 1. The van der Waals surface area contributed by atoms with Crippen molar-refractivity contribution >= 4 is 33.7 Å². The zero-order valence-corrected chi connectivity index (χ0v) is 14.7. The Labute approximate surface area is 148 Å². The number of hydrogen-bond acceptors (Lipinski definition) is 5. The van der Waals surface area contributed by atoms with E-state index in [2.05, 4.69) is 26.2 Å². The molecule has 0 atom stereocenters. The van der Waals surface area contributed by atoms with Gasteiger partial charge in [0, 0.05) is 16.2 Å². The van der Waals surface area contributed by atoms with Gasteiger partial charge in [-0.25, -0.2) is 4.79 Å². The van der Waals surface area contributed by atoms with Crippen LogP contribution in [0.25, 0.3) is 0 Å². The van der Waals surface area contributed by atoms with E-state index in [1.165, 1.54) is 6.20 Å². The van der Waals surface area contributed by atoms with E-state index in [4.69, 9.17) is 9.47 Å². The third kappa shape index (κ3) is 5.34. The summed E-state index contributed by atoms with van der Waals surface area (Å²) in [6, 6.07) is 9.34. The summed E-state index contributed by atoms with van der Waals surface area (Å²) in [4.78, 5) is 27.7. The summed E-state index contributed by atoms with van der Waals surface area (Å²) in [6.45, 7) is 2.18. The zero-order valence-electron chi connectivity index (χ0n) is 13.1. The van der Waals surface area contributed by atoms with Crippen LogP contribution in [0, 0.1) is 0 Å². The Morgan fingerprint density at radius 1 is 1.17 bits per heavy atom. The lowest BCUT2D eigenvalue weighted by molar-refractivity contribution is -0.142. The van der Waals surface area contributed by atoms with Gasteiger partial charge < -0.3 is 9.47 Å². The summed E-state index contributed by atoms with van der Waals surface area (Å²) >= 11 is 3.33. The van der Waals surface area contributed by atoms with Crippen molar-refractivity contribution in [3.8, 4) is 0 Å². The molecule has 24 heavy (non-hydrogen) atoms. The molecule has 0 spiro atoms. The molecule has 1 aromatic heterocycles. The highest BCUT2D eigenvalue weighted by molar-refractivity contribution is 9.10. The second-order valence-electron chi connectivity index (χ2n) is 4.82. The Hall–Kier alpha value is -2.41. The maximum absolute atomic E-state index is 12.0. The van der Waals surface area contributed by atoms with Gasteiger partial charge in [0.2, 0.25) is 0 Å². The molecule has 6 nitrogen and oxygen atoms in total. The van der Waals surface area contributed by atoms with E-state index in [9.17, 15) is 9.59 Å². The minimum Gasteiger partial charge on any atom is -0.466 e. The Kier molecular flexibility index (Phi) is 6.74. The van der Waals surface area contributed by atoms with Crippen LogP contribution < -0.4 is 5.32 Å². The number of nitrogens with one attached hydrogen (secondary N) is 1. The van der Waals surface area contributed by atoms with Crippen molar-refractivity contribution < 1.29 is 19.1 Å². The van der Waals surface area contributed by atoms with Crippen molar-refractivity contribution in [2.75, 3.05) is 11.9 Å². The average molecular weight is 393 g/mol. The van der Waals surface area contributed by atoms with E-state index >= 15 is 0 Å². The number of carbonyl (C=O) groups is 2. The number of esters is 1. The van der Waals surface area contributed by atoms with E-state index in [1.54, 1.807) is 13.1 Å². The Bertz CT molecular complexity index is 707. The van der Waals surface area contributed by atoms with Gasteiger partial charge in [0.05, 0.1) is 24.9 Å². The standard InChI is InChI=1S/C17H17BrN2O4/c1-2-23-16(21)8-13-14(18)9-19-10-15(13)20-17(22)24-11-12-6-4-3-5-7-12/h3-7,9-10H,2,8,11H2,1H3,(H,20,22). The van der Waals surface area contributed by atoms with E-state index in [-0.39, 0.29) is 19.0 Å². The van der Waals surface area contributed by atoms with Gasteiger partial charge in [-0.15, -0.1) is 0 Å². The van der Waals surface area contributed by atoms with E-state index in [0.717, 1.165) is 5.56 Å². The fourth-order valence-corrected chi connectivity index (χ4v) is 2.45. The van der Waals surface area contributed by atoms with Crippen LogP contribution >= 0.6 is 15.9 Å². The number of benzene rings is 1. The molecule has 0 unspecified atom stereocenters. The molecular weight excluding hydrogens is 376 g/mol. The minimum atomic E-state index is -0.621. The number of hydrogen-bond donors (Lipinski definition) is 1. The number of aromatic nitrogens is 1. The largest absolute Gasteiger partial charge is 0.466 e. The van der Waals surface area contributed by atoms with Crippen molar-refractivity contribution in [2.24, 2.45) is 0 Å². The lowest BCUT2D eigenvalue weighted by atomic mass is 10.1. The third-order valence-electron chi connectivity index (χ3n) is 3.08. The monoisotopic (exact) mass is 392 g/mol. The molecule has 2 aromatic rings. The fourth-order valence-electron chi connectivity index (χ4n) is 1.97. The van der Waals surface area contributed by atoms with Gasteiger partial charge in [0.15, 0.2) is 0 Å². The highest BCUT2D eigenvalue weighted by Gasteiger charge is 2.15. The molecular formula is C17H17BrN2O4. The molecule has 7 heteroatoms. The smallest absolute Gasteiger partial charge is 0.412 e. The van der Waals surface area contributed by atoms with Crippen LogP contribution in [0.2, 0.25) is 0 Å². The molecule has 0 aliphatic rings. The van der Waals surface area contributed by atoms with Crippen LogP contribution in [0.1, 0.15) is 18.1 Å². The van der Waals surface area contributed by atoms with Crippen molar-refractivity contribution in [3.05, 3.63) is 58.3 Å². The van der Waals surface area contributed by atoms with Gasteiger partial charge in [0.1, 0.15) is 6.61 Å². The van der Waals surface area contributed by atoms with Crippen LogP contribution in [0.15, 0.2) is 47.2 Å². The Morgan fingerprint density at radius 2 is 1.92 bits per heavy atom. The molecule has 0 saturated heterocycles. The Morgan fingerprint density at radius 3 is 2.62 bits per heavy atom. The zero-order chi connectivity index (χ0) is 17.4. The van der Waals surface area contributed by atoms with Gasteiger partial charge in [-0.1, -0.05) is 30.3 Å². The number of ether oxygens (including phenoxy) is 2. The molecule has 2 rings (SSSR count). The number of pyridine rings is 1. The van der Waals surface area contributed by atoms with E-state index in [1.807, 2.05) is 30.3 Å². The quantitative estimate of drug-likeness (QED) is 0.758. The first-order valence-electron chi connectivity index (χ1n) is 7.36. The van der Waals surface area contributed by atoms with Crippen LogP contribution in [-0.4, -0.2) is 23.7 Å². The summed E-state index contributed by atoms with van der Waals surface area (Å²) in [6.07, 6.45) is 2.41. The Balaban J connectivity index is 2.01. The predicted molar refractivity (Wildman–Crippen MR) is 92.5 cm³/mol. The molecule has 1 amide bonds. The SMILES string of the molecule is CCOC(=O)Cc1c(Br)cncc1NC(=O)OCc1ccccc1. The normalized spacial score (nSPS) is 10.1. The van der Waals surface area contributed by atoms with Crippen molar-refractivity contribution in [1.82, 2.24) is 4.98 Å². The van der Waals surface area contributed by atoms with Crippen LogP contribution in [0.5, 0.6) is 0 Å². The first-order valence-corrected chi connectivity index (χ1v) is 8.15. The summed E-state index contributed by atoms with van der Waals surface area (Å²) in [5.74, 6) is -0.384. The third-order valence-corrected chi connectivity index (χ3v) is 3.76. The van der Waals surface area contributed by atoms with Crippen LogP contribution in [0.4, 0.5) is 10.5 Å². The topological polar surface area (TPSA) is 77.5 Å². The van der Waals surface area contributed by atoms with Gasteiger partial charge >= 0.3 is 12.1 Å². The summed E-state index contributed by atoms with van der Waals surface area (Å²) < 4.78 is 10.7. The number of rotatable bonds is 6. The number of anilines is 1. The lowest BCUT2D eigenvalue weighted by Gasteiger charge is -2.12. The second kappa shape index (κ2) is 9.02. The summed E-state index contributed by atoms with van der Waals surface area (Å²) in [5, 5.41) is 2.61. The van der Waals surface area contributed by atoms with Gasteiger partial charge in [0.25, 0.3) is 0 Å². The first-order chi connectivity index (χ1) is 11.6. The molecule has 0 radical (unpaired) electrons. The number of carbonyl (C=O) groups excluding carboxylic acids is 2. The van der Waals surface area contributed by atoms with Crippen LogP contribution in [-0.2, 0) is 27.3 Å². The maximum atomic E-state index is 12.0. The van der Waals surface area contributed by atoms with Crippen LogP contribution in [0.3, 0.4) is 0 Å². The molecule has 1 heterocycles. The van der Waals surface area contributed by atoms with Gasteiger partial charge in [-0.05, 0) is 28.4 Å².